The maximum Gasteiger partial charge on any atom is 2.00 e. The van der Waals surface area contributed by atoms with Gasteiger partial charge in [-0.05, 0) is 42.4 Å². The fourth-order valence-corrected chi connectivity index (χ4v) is 3.68. The Morgan fingerprint density at radius 2 is 1.18 bits per heavy atom. The van der Waals surface area contributed by atoms with Crippen molar-refractivity contribution in [2.45, 2.75) is 19.3 Å². The van der Waals surface area contributed by atoms with Crippen LogP contribution in [-0.2, 0) is 33.3 Å². The summed E-state index contributed by atoms with van der Waals surface area (Å²) < 4.78 is 3.55. The van der Waals surface area contributed by atoms with E-state index in [9.17, 15) is 0 Å². The summed E-state index contributed by atoms with van der Waals surface area (Å²) in [6.45, 7) is 0. The number of aryl methyl sites for hydroxylation is 2. The molecule has 10 nitrogen and oxygen atoms in total. The van der Waals surface area contributed by atoms with Crippen LogP contribution in [0.4, 0.5) is 0 Å². The molecule has 0 fully saturated rings. The molecule has 34 heavy (non-hydrogen) atoms. The van der Waals surface area contributed by atoms with Crippen molar-refractivity contribution in [3.05, 3.63) is 85.5 Å². The molecule has 0 bridgehead atoms. The summed E-state index contributed by atoms with van der Waals surface area (Å²) in [4.78, 5) is 34.4. The van der Waals surface area contributed by atoms with Gasteiger partial charge in [0.05, 0.1) is 22.9 Å². The van der Waals surface area contributed by atoms with Gasteiger partial charge in [-0.1, -0.05) is 24.3 Å². The second-order valence-corrected chi connectivity index (χ2v) is 7.39. The zero-order valence-electron chi connectivity index (χ0n) is 17.7. The van der Waals surface area contributed by atoms with Crippen molar-refractivity contribution in [1.82, 2.24) is 49.0 Å². The largest absolute Gasteiger partial charge is 2.00 e. The SMILES string of the molecule is [Pd+2].[c-]1nc2ncncc2n1-c1cccc(CCCc2cccc(-n3[c-]nc4ncncc43)n2)n1. The first kappa shape index (κ1) is 21.9. The van der Waals surface area contributed by atoms with Crippen LogP contribution >= 0.6 is 0 Å². The van der Waals surface area contributed by atoms with Gasteiger partial charge in [-0.25, -0.2) is 0 Å². The maximum atomic E-state index is 4.77. The first-order chi connectivity index (χ1) is 16.3. The Labute approximate surface area is 207 Å². The van der Waals surface area contributed by atoms with E-state index < -0.39 is 0 Å². The zero-order valence-corrected chi connectivity index (χ0v) is 19.2. The summed E-state index contributed by atoms with van der Waals surface area (Å²) in [6.07, 6.45) is 14.8. The molecule has 0 aliphatic carbocycles. The van der Waals surface area contributed by atoms with Gasteiger partial charge < -0.3 is 19.1 Å². The Kier molecular flexibility index (Phi) is 6.12. The van der Waals surface area contributed by atoms with E-state index in [0.29, 0.717) is 11.3 Å². The van der Waals surface area contributed by atoms with Crippen molar-refractivity contribution in [2.24, 2.45) is 0 Å². The minimum absolute atomic E-state index is 0. The van der Waals surface area contributed by atoms with Gasteiger partial charge in [0.25, 0.3) is 0 Å². The van der Waals surface area contributed by atoms with Crippen LogP contribution in [0.1, 0.15) is 17.8 Å². The minimum atomic E-state index is 0. The van der Waals surface area contributed by atoms with Gasteiger partial charge in [0.15, 0.2) is 0 Å². The van der Waals surface area contributed by atoms with Crippen LogP contribution in [0, 0.1) is 12.7 Å². The minimum Gasteiger partial charge on any atom is -0.409 e. The number of rotatable bonds is 6. The predicted octanol–water partition coefficient (Wildman–Crippen LogP) is 2.51. The molecule has 0 unspecified atom stereocenters. The van der Waals surface area contributed by atoms with Gasteiger partial charge in [0, 0.05) is 36.4 Å². The van der Waals surface area contributed by atoms with E-state index in [-0.39, 0.29) is 20.4 Å². The quantitative estimate of drug-likeness (QED) is 0.235. The molecule has 0 atom stereocenters. The molecule has 0 spiro atoms. The van der Waals surface area contributed by atoms with Crippen molar-refractivity contribution in [3.8, 4) is 11.6 Å². The summed E-state index contributed by atoms with van der Waals surface area (Å²) in [7, 11) is 0. The molecule has 6 aromatic rings. The van der Waals surface area contributed by atoms with Crippen LogP contribution in [0.25, 0.3) is 34.0 Å². The first-order valence-electron chi connectivity index (χ1n) is 10.4. The average Bonchev–Trinajstić information content (AvgIpc) is 3.49. The van der Waals surface area contributed by atoms with Gasteiger partial charge in [0.1, 0.15) is 12.7 Å². The molecule has 168 valence electrons. The number of aromatic nitrogens is 10. The van der Waals surface area contributed by atoms with Gasteiger partial charge in [0.2, 0.25) is 0 Å². The Morgan fingerprint density at radius 1 is 0.676 bits per heavy atom. The number of nitrogens with zero attached hydrogens (tertiary/aromatic N) is 10. The van der Waals surface area contributed by atoms with E-state index in [0.717, 1.165) is 53.3 Å². The molecule has 0 aromatic carbocycles. The summed E-state index contributed by atoms with van der Waals surface area (Å²) in [5.74, 6) is 1.49. The molecule has 6 rings (SSSR count). The van der Waals surface area contributed by atoms with E-state index >= 15 is 0 Å². The van der Waals surface area contributed by atoms with Crippen molar-refractivity contribution in [3.63, 3.8) is 0 Å². The average molecular weight is 539 g/mol. The molecule has 0 aliphatic rings. The second-order valence-electron chi connectivity index (χ2n) is 7.39. The Morgan fingerprint density at radius 3 is 1.68 bits per heavy atom. The van der Waals surface area contributed by atoms with Crippen LogP contribution in [0.2, 0.25) is 0 Å². The van der Waals surface area contributed by atoms with Crippen molar-refractivity contribution >= 4 is 22.3 Å². The number of hydrogen-bond donors (Lipinski definition) is 0. The molecule has 6 heterocycles. The smallest absolute Gasteiger partial charge is 0.409 e. The van der Waals surface area contributed by atoms with Crippen molar-refractivity contribution in [1.29, 1.82) is 0 Å². The Hall–Kier alpha value is -3.94. The third-order valence-corrected chi connectivity index (χ3v) is 5.25. The summed E-state index contributed by atoms with van der Waals surface area (Å²) >= 11 is 0. The van der Waals surface area contributed by atoms with Crippen LogP contribution in [0.5, 0.6) is 0 Å². The Bertz CT molecular complexity index is 1460. The van der Waals surface area contributed by atoms with E-state index in [1.54, 1.807) is 21.5 Å². The zero-order chi connectivity index (χ0) is 22.0. The van der Waals surface area contributed by atoms with Gasteiger partial charge in [-0.15, -0.1) is 0 Å². The van der Waals surface area contributed by atoms with Crippen LogP contribution in [0.15, 0.2) is 61.4 Å². The monoisotopic (exact) mass is 538 g/mol. The predicted molar refractivity (Wildman–Crippen MR) is 119 cm³/mol. The van der Waals surface area contributed by atoms with E-state index in [1.165, 1.54) is 12.7 Å². The van der Waals surface area contributed by atoms with Gasteiger partial charge >= 0.3 is 20.4 Å². The molecule has 11 heteroatoms. The van der Waals surface area contributed by atoms with Crippen LogP contribution in [-0.4, -0.2) is 49.0 Å². The number of pyridine rings is 2. The van der Waals surface area contributed by atoms with Crippen molar-refractivity contribution in [2.75, 3.05) is 0 Å². The fourth-order valence-electron chi connectivity index (χ4n) is 3.68. The summed E-state index contributed by atoms with van der Waals surface area (Å²) in [6, 6.07) is 11.9. The van der Waals surface area contributed by atoms with E-state index in [1.807, 2.05) is 36.4 Å². The number of hydrogen-bond acceptors (Lipinski definition) is 8. The summed E-state index contributed by atoms with van der Waals surface area (Å²) in [5.41, 5.74) is 4.72. The fraction of sp³-hybridized carbons (Fsp3) is 0.130. The molecular formula is C23H16N10Pd. The van der Waals surface area contributed by atoms with Crippen LogP contribution < -0.4 is 0 Å². The Balaban J connectivity index is 0.00000241. The molecule has 0 saturated heterocycles. The van der Waals surface area contributed by atoms with Crippen LogP contribution in [0.3, 0.4) is 0 Å². The standard InChI is InChI=1S/C23H16N10.Pd/c1(4-16-6-2-8-20(30-16)32-14-28-22-18(32)10-24-12-26-22)5-17-7-3-9-21(31-17)33-15-29-23-19(33)11-25-13-27-23;/h2-3,6-13H,1,4-5H2;/q-2;+2. The second kappa shape index (κ2) is 9.51. The molecule has 0 N–H and O–H groups in total. The molecule has 0 radical (unpaired) electrons. The number of imidazole rings is 2. The summed E-state index contributed by atoms with van der Waals surface area (Å²) in [5, 5.41) is 0. The van der Waals surface area contributed by atoms with Gasteiger partial charge in [-0.2, -0.15) is 0 Å². The van der Waals surface area contributed by atoms with Crippen molar-refractivity contribution < 1.29 is 20.4 Å². The number of fused-ring (bicyclic) bond motifs is 2. The maximum absolute atomic E-state index is 4.77. The third-order valence-electron chi connectivity index (χ3n) is 5.25. The molecular weight excluding hydrogens is 523 g/mol. The molecule has 6 aromatic heterocycles. The normalized spacial score (nSPS) is 11.1. The molecule has 0 aliphatic heterocycles. The topological polar surface area (TPSA) is 113 Å². The van der Waals surface area contributed by atoms with Gasteiger partial charge in [-0.3, -0.25) is 29.9 Å². The molecule has 0 saturated carbocycles. The third kappa shape index (κ3) is 4.19. The van der Waals surface area contributed by atoms with E-state index in [4.69, 9.17) is 9.97 Å². The molecule has 0 amide bonds. The first-order valence-corrected chi connectivity index (χ1v) is 10.4. The van der Waals surface area contributed by atoms with E-state index in [2.05, 4.69) is 42.6 Å².